The molecular formula is C13H22N2OS2. The number of thioether (sulfide) groups is 1. The van der Waals surface area contributed by atoms with Crippen molar-refractivity contribution in [2.75, 3.05) is 25.4 Å². The molecule has 0 aromatic rings. The first-order valence-electron chi connectivity index (χ1n) is 6.89. The van der Waals surface area contributed by atoms with Gasteiger partial charge in [-0.2, -0.15) is 0 Å². The molecule has 102 valence electrons. The summed E-state index contributed by atoms with van der Waals surface area (Å²) >= 11 is 6.92. The summed E-state index contributed by atoms with van der Waals surface area (Å²) in [6, 6.07) is 0.409. The predicted molar refractivity (Wildman–Crippen MR) is 80.9 cm³/mol. The van der Waals surface area contributed by atoms with Gasteiger partial charge in [0.15, 0.2) is 0 Å². The summed E-state index contributed by atoms with van der Waals surface area (Å²) in [5.74, 6) is 0.772. The smallest absolute Gasteiger partial charge is 0.233 e. The average Bonchev–Trinajstić information content (AvgIpc) is 2.90. The summed E-state index contributed by atoms with van der Waals surface area (Å²) in [5, 5.41) is 0. The van der Waals surface area contributed by atoms with Crippen LogP contribution >= 0.6 is 24.0 Å². The second-order valence-corrected chi connectivity index (χ2v) is 6.79. The van der Waals surface area contributed by atoms with Gasteiger partial charge < -0.3 is 9.80 Å². The molecule has 1 amide bonds. The van der Waals surface area contributed by atoms with Crippen molar-refractivity contribution in [2.24, 2.45) is 0 Å². The number of rotatable bonds is 2. The Hall–Kier alpha value is -0.290. The molecule has 2 aliphatic rings. The maximum Gasteiger partial charge on any atom is 0.233 e. The standard InChI is InChI=1S/C13H22N2OS2/c1-11-6-2-3-9-15(11)12(16)10-18-13(17)14-7-4-5-8-14/h11H,2-10H2,1H3/t11-/m1/s1. The van der Waals surface area contributed by atoms with Gasteiger partial charge in [0.05, 0.1) is 5.75 Å². The minimum atomic E-state index is 0.258. The first-order valence-corrected chi connectivity index (χ1v) is 8.29. The molecule has 2 heterocycles. The summed E-state index contributed by atoms with van der Waals surface area (Å²) in [5.41, 5.74) is 0. The Morgan fingerprint density at radius 3 is 2.56 bits per heavy atom. The van der Waals surface area contributed by atoms with Crippen LogP contribution in [0.25, 0.3) is 0 Å². The van der Waals surface area contributed by atoms with Crippen LogP contribution in [-0.2, 0) is 4.79 Å². The second-order valence-electron chi connectivity index (χ2n) is 5.18. The fraction of sp³-hybridized carbons (Fsp3) is 0.846. The number of hydrogen-bond acceptors (Lipinski definition) is 3. The van der Waals surface area contributed by atoms with Crippen LogP contribution in [0.1, 0.15) is 39.0 Å². The van der Waals surface area contributed by atoms with Crippen LogP contribution in [0.2, 0.25) is 0 Å². The fourth-order valence-corrected chi connectivity index (χ4v) is 3.80. The molecule has 0 radical (unpaired) electrons. The van der Waals surface area contributed by atoms with Crippen molar-refractivity contribution in [3.8, 4) is 0 Å². The van der Waals surface area contributed by atoms with E-state index in [0.29, 0.717) is 11.8 Å². The van der Waals surface area contributed by atoms with E-state index >= 15 is 0 Å². The van der Waals surface area contributed by atoms with Gasteiger partial charge >= 0.3 is 0 Å². The Labute approximate surface area is 119 Å². The van der Waals surface area contributed by atoms with E-state index in [4.69, 9.17) is 12.2 Å². The quantitative estimate of drug-likeness (QED) is 0.728. The molecule has 0 bridgehead atoms. The van der Waals surface area contributed by atoms with Crippen LogP contribution in [0.15, 0.2) is 0 Å². The van der Waals surface area contributed by atoms with E-state index in [9.17, 15) is 4.79 Å². The topological polar surface area (TPSA) is 23.6 Å². The molecule has 0 spiro atoms. The van der Waals surface area contributed by atoms with Crippen molar-refractivity contribution >= 4 is 34.2 Å². The van der Waals surface area contributed by atoms with Gasteiger partial charge in [0, 0.05) is 25.7 Å². The molecule has 18 heavy (non-hydrogen) atoms. The van der Waals surface area contributed by atoms with E-state index in [2.05, 4.69) is 11.8 Å². The van der Waals surface area contributed by atoms with Crippen LogP contribution in [0.5, 0.6) is 0 Å². The van der Waals surface area contributed by atoms with Gasteiger partial charge in [-0.3, -0.25) is 4.79 Å². The van der Waals surface area contributed by atoms with Crippen molar-refractivity contribution in [1.82, 2.24) is 9.80 Å². The van der Waals surface area contributed by atoms with Gasteiger partial charge in [0.1, 0.15) is 4.32 Å². The number of carbonyl (C=O) groups excluding carboxylic acids is 1. The van der Waals surface area contributed by atoms with E-state index < -0.39 is 0 Å². The lowest BCUT2D eigenvalue weighted by Gasteiger charge is -2.33. The first kappa shape index (κ1) is 14.1. The lowest BCUT2D eigenvalue weighted by molar-refractivity contribution is -0.131. The summed E-state index contributed by atoms with van der Waals surface area (Å²) < 4.78 is 0.908. The number of piperidine rings is 1. The second kappa shape index (κ2) is 6.75. The summed E-state index contributed by atoms with van der Waals surface area (Å²) in [7, 11) is 0. The highest BCUT2D eigenvalue weighted by Gasteiger charge is 2.24. The van der Waals surface area contributed by atoms with Crippen molar-refractivity contribution in [1.29, 1.82) is 0 Å². The highest BCUT2D eigenvalue weighted by molar-refractivity contribution is 8.23. The zero-order chi connectivity index (χ0) is 13.0. The largest absolute Gasteiger partial charge is 0.358 e. The van der Waals surface area contributed by atoms with E-state index in [-0.39, 0.29) is 5.91 Å². The first-order chi connectivity index (χ1) is 8.68. The molecule has 0 aromatic heterocycles. The monoisotopic (exact) mass is 286 g/mol. The zero-order valence-corrected chi connectivity index (χ0v) is 12.7. The van der Waals surface area contributed by atoms with Gasteiger partial charge in [-0.05, 0) is 39.0 Å². The maximum atomic E-state index is 12.2. The molecule has 2 saturated heterocycles. The molecule has 0 aliphatic carbocycles. The van der Waals surface area contributed by atoms with Crippen molar-refractivity contribution in [3.05, 3.63) is 0 Å². The number of amides is 1. The number of carbonyl (C=O) groups is 1. The van der Waals surface area contributed by atoms with E-state index in [0.717, 1.165) is 36.8 Å². The molecular weight excluding hydrogens is 264 g/mol. The predicted octanol–water partition coefficient (Wildman–Crippen LogP) is 2.50. The lowest BCUT2D eigenvalue weighted by Crippen LogP contribution is -2.43. The Kier molecular flexibility index (Phi) is 5.30. The van der Waals surface area contributed by atoms with Gasteiger partial charge in [-0.1, -0.05) is 24.0 Å². The Morgan fingerprint density at radius 2 is 1.89 bits per heavy atom. The minimum Gasteiger partial charge on any atom is -0.358 e. The third-order valence-corrected chi connectivity index (χ3v) is 5.31. The van der Waals surface area contributed by atoms with Gasteiger partial charge in [-0.15, -0.1) is 0 Å². The van der Waals surface area contributed by atoms with Crippen LogP contribution in [0.3, 0.4) is 0 Å². The molecule has 0 saturated carbocycles. The third-order valence-electron chi connectivity index (χ3n) is 3.81. The molecule has 1 atom stereocenters. The van der Waals surface area contributed by atoms with Crippen LogP contribution in [0.4, 0.5) is 0 Å². The van der Waals surface area contributed by atoms with Crippen LogP contribution < -0.4 is 0 Å². The maximum absolute atomic E-state index is 12.2. The number of thiocarbonyl (C=S) groups is 1. The number of hydrogen-bond donors (Lipinski definition) is 0. The van der Waals surface area contributed by atoms with Gasteiger partial charge in [-0.25, -0.2) is 0 Å². The average molecular weight is 286 g/mol. The van der Waals surface area contributed by atoms with E-state index in [1.54, 1.807) is 11.8 Å². The number of likely N-dealkylation sites (tertiary alicyclic amines) is 2. The van der Waals surface area contributed by atoms with Crippen molar-refractivity contribution < 1.29 is 4.79 Å². The molecule has 2 fully saturated rings. The van der Waals surface area contributed by atoms with Crippen molar-refractivity contribution in [3.63, 3.8) is 0 Å². The Bertz CT molecular complexity index is 316. The van der Waals surface area contributed by atoms with Gasteiger partial charge in [0.2, 0.25) is 5.91 Å². The molecule has 0 N–H and O–H groups in total. The van der Waals surface area contributed by atoms with Crippen molar-refractivity contribution in [2.45, 2.75) is 45.1 Å². The van der Waals surface area contributed by atoms with E-state index in [1.165, 1.54) is 19.3 Å². The highest BCUT2D eigenvalue weighted by Crippen LogP contribution is 2.20. The van der Waals surface area contributed by atoms with Crippen LogP contribution in [0, 0.1) is 0 Å². The Balaban J connectivity index is 1.75. The molecule has 3 nitrogen and oxygen atoms in total. The van der Waals surface area contributed by atoms with Crippen LogP contribution in [-0.4, -0.2) is 51.5 Å². The normalized spacial score (nSPS) is 24.4. The summed E-state index contributed by atoms with van der Waals surface area (Å²) in [6.45, 7) is 5.22. The lowest BCUT2D eigenvalue weighted by atomic mass is 10.0. The molecule has 0 unspecified atom stereocenters. The molecule has 2 rings (SSSR count). The fourth-order valence-electron chi connectivity index (χ4n) is 2.67. The molecule has 0 aromatic carbocycles. The SMILES string of the molecule is C[C@@H]1CCCCN1C(=O)CSC(=S)N1CCCC1. The minimum absolute atomic E-state index is 0.258. The third kappa shape index (κ3) is 3.60. The van der Waals surface area contributed by atoms with Gasteiger partial charge in [0.25, 0.3) is 0 Å². The zero-order valence-electron chi connectivity index (χ0n) is 11.1. The summed E-state index contributed by atoms with van der Waals surface area (Å²) in [6.07, 6.45) is 6.02. The Morgan fingerprint density at radius 1 is 1.22 bits per heavy atom. The summed E-state index contributed by atoms with van der Waals surface area (Å²) in [4.78, 5) is 16.4. The molecule has 2 aliphatic heterocycles. The highest BCUT2D eigenvalue weighted by atomic mass is 32.2. The molecule has 5 heteroatoms. The van der Waals surface area contributed by atoms with E-state index in [1.807, 2.05) is 4.90 Å². The number of nitrogens with zero attached hydrogens (tertiary/aromatic N) is 2.